The van der Waals surface area contributed by atoms with Crippen molar-refractivity contribution in [1.29, 1.82) is 0 Å². The minimum atomic E-state index is 0.353. The Morgan fingerprint density at radius 1 is 1.00 bits per heavy atom. The van der Waals surface area contributed by atoms with Crippen LogP contribution in [0.15, 0.2) is 69.9 Å². The second-order valence-electron chi connectivity index (χ2n) is 5.52. The third-order valence-electron chi connectivity index (χ3n) is 3.68. The number of pyridine rings is 1. The summed E-state index contributed by atoms with van der Waals surface area (Å²) in [6.45, 7) is 0. The summed E-state index contributed by atoms with van der Waals surface area (Å²) in [5.41, 5.74) is 1.91. The molecule has 0 aliphatic carbocycles. The van der Waals surface area contributed by atoms with E-state index in [2.05, 4.69) is 15.1 Å². The average molecular weight is 384 g/mol. The van der Waals surface area contributed by atoms with Crippen LogP contribution < -0.4 is 0 Å². The first-order chi connectivity index (χ1) is 12.8. The zero-order valence-corrected chi connectivity index (χ0v) is 15.2. The third-order valence-corrected chi connectivity index (χ3v) is 5.05. The van der Waals surface area contributed by atoms with Crippen molar-refractivity contribution in [3.05, 3.63) is 77.3 Å². The van der Waals surface area contributed by atoms with Gasteiger partial charge in [0.2, 0.25) is 5.82 Å². The van der Waals surface area contributed by atoms with Gasteiger partial charge in [0.15, 0.2) is 5.76 Å². The number of halogens is 1. The molecule has 4 aromatic rings. The molecule has 3 aromatic heterocycles. The van der Waals surface area contributed by atoms with Crippen molar-refractivity contribution in [1.82, 2.24) is 15.1 Å². The predicted molar refractivity (Wildman–Crippen MR) is 102 cm³/mol. The number of aromatic nitrogens is 3. The lowest BCUT2D eigenvalue weighted by Gasteiger charge is -2.02. The maximum atomic E-state index is 6.17. The summed E-state index contributed by atoms with van der Waals surface area (Å²) < 4.78 is 11.1. The fraction of sp³-hybridized carbons (Fsp3) is 0.105. The third kappa shape index (κ3) is 3.81. The van der Waals surface area contributed by atoms with Crippen LogP contribution in [0.5, 0.6) is 0 Å². The quantitative estimate of drug-likeness (QED) is 0.439. The molecule has 0 fully saturated rings. The minimum Gasteiger partial charge on any atom is -0.455 e. The minimum absolute atomic E-state index is 0.353. The summed E-state index contributed by atoms with van der Waals surface area (Å²) in [6.07, 6.45) is 3.39. The smallest absolute Gasteiger partial charge is 0.293 e. The molecule has 0 N–H and O–H groups in total. The van der Waals surface area contributed by atoms with Crippen LogP contribution in [0.2, 0.25) is 5.02 Å². The van der Waals surface area contributed by atoms with Crippen LogP contribution in [0, 0.1) is 0 Å². The van der Waals surface area contributed by atoms with Gasteiger partial charge in [-0.2, -0.15) is 4.98 Å². The van der Waals surface area contributed by atoms with Crippen LogP contribution >= 0.6 is 23.4 Å². The summed E-state index contributed by atoms with van der Waals surface area (Å²) in [7, 11) is 0. The molecule has 0 saturated carbocycles. The molecule has 4 rings (SSSR count). The first-order valence-electron chi connectivity index (χ1n) is 7.94. The number of nitrogens with zero attached hydrogens (tertiary/aromatic N) is 3. The molecular weight excluding hydrogens is 370 g/mol. The maximum Gasteiger partial charge on any atom is 0.293 e. The second-order valence-corrected chi connectivity index (χ2v) is 6.91. The first-order valence-corrected chi connectivity index (χ1v) is 9.47. The maximum absolute atomic E-state index is 6.17. The van der Waals surface area contributed by atoms with Gasteiger partial charge in [-0.15, -0.1) is 11.8 Å². The molecule has 0 radical (unpaired) electrons. The zero-order chi connectivity index (χ0) is 17.8. The molecule has 1 aromatic carbocycles. The van der Waals surface area contributed by atoms with Gasteiger partial charge in [-0.3, -0.25) is 4.98 Å². The molecule has 0 saturated heterocycles. The highest BCUT2D eigenvalue weighted by Gasteiger charge is 2.14. The number of thioether (sulfide) groups is 1. The van der Waals surface area contributed by atoms with Gasteiger partial charge in [0.05, 0.1) is 5.75 Å². The molecule has 0 bridgehead atoms. The van der Waals surface area contributed by atoms with E-state index in [9.17, 15) is 0 Å². The van der Waals surface area contributed by atoms with Gasteiger partial charge in [0.1, 0.15) is 5.76 Å². The van der Waals surface area contributed by atoms with Gasteiger partial charge in [0.25, 0.3) is 5.89 Å². The van der Waals surface area contributed by atoms with E-state index in [0.29, 0.717) is 17.5 Å². The lowest BCUT2D eigenvalue weighted by Crippen LogP contribution is -1.83. The summed E-state index contributed by atoms with van der Waals surface area (Å²) >= 11 is 7.91. The summed E-state index contributed by atoms with van der Waals surface area (Å²) in [4.78, 5) is 8.42. The van der Waals surface area contributed by atoms with Crippen LogP contribution in [0.3, 0.4) is 0 Å². The van der Waals surface area contributed by atoms with E-state index < -0.39 is 0 Å². The van der Waals surface area contributed by atoms with Crippen molar-refractivity contribution < 1.29 is 8.94 Å². The fourth-order valence-corrected chi connectivity index (χ4v) is 3.60. The lowest BCUT2D eigenvalue weighted by atomic mass is 10.2. The van der Waals surface area contributed by atoms with Gasteiger partial charge in [-0.1, -0.05) is 35.0 Å². The SMILES string of the molecule is Clc1ccccc1CSCc1ccc(-c2nc(-c3cccnc3)no2)o1. The van der Waals surface area contributed by atoms with Crippen LogP contribution in [-0.4, -0.2) is 15.1 Å². The van der Waals surface area contributed by atoms with Crippen molar-refractivity contribution in [3.63, 3.8) is 0 Å². The molecule has 0 aliphatic rings. The molecular formula is C19H14ClN3O2S. The molecule has 130 valence electrons. The Labute approximate surface area is 159 Å². The van der Waals surface area contributed by atoms with Gasteiger partial charge in [0, 0.05) is 28.7 Å². The molecule has 0 spiro atoms. The Bertz CT molecular complexity index is 1000. The molecule has 7 heteroatoms. The van der Waals surface area contributed by atoms with Crippen LogP contribution in [0.1, 0.15) is 11.3 Å². The number of hydrogen-bond acceptors (Lipinski definition) is 6. The van der Waals surface area contributed by atoms with E-state index in [-0.39, 0.29) is 0 Å². The van der Waals surface area contributed by atoms with Gasteiger partial charge >= 0.3 is 0 Å². The van der Waals surface area contributed by atoms with E-state index in [1.165, 1.54) is 0 Å². The Morgan fingerprint density at radius 3 is 2.77 bits per heavy atom. The van der Waals surface area contributed by atoms with Gasteiger partial charge in [-0.05, 0) is 35.9 Å². The lowest BCUT2D eigenvalue weighted by molar-refractivity contribution is 0.413. The van der Waals surface area contributed by atoms with Crippen molar-refractivity contribution in [2.75, 3.05) is 0 Å². The highest BCUT2D eigenvalue weighted by molar-refractivity contribution is 7.97. The molecule has 3 heterocycles. The van der Waals surface area contributed by atoms with E-state index >= 15 is 0 Å². The Kier molecular flexibility index (Phi) is 5.04. The van der Waals surface area contributed by atoms with Gasteiger partial charge < -0.3 is 8.94 Å². The van der Waals surface area contributed by atoms with Crippen LogP contribution in [0.25, 0.3) is 23.0 Å². The Balaban J connectivity index is 1.40. The predicted octanol–water partition coefficient (Wildman–Crippen LogP) is 5.48. The zero-order valence-electron chi connectivity index (χ0n) is 13.6. The highest BCUT2D eigenvalue weighted by atomic mass is 35.5. The van der Waals surface area contributed by atoms with Crippen LogP contribution in [-0.2, 0) is 11.5 Å². The average Bonchev–Trinajstić information content (AvgIpc) is 3.33. The molecule has 0 aliphatic heterocycles. The van der Waals surface area contributed by atoms with Crippen molar-refractivity contribution in [2.24, 2.45) is 0 Å². The molecule has 5 nitrogen and oxygen atoms in total. The number of rotatable bonds is 6. The largest absolute Gasteiger partial charge is 0.455 e. The van der Waals surface area contributed by atoms with E-state index in [1.807, 2.05) is 48.5 Å². The summed E-state index contributed by atoms with van der Waals surface area (Å²) in [5, 5.41) is 4.76. The Morgan fingerprint density at radius 2 is 1.92 bits per heavy atom. The van der Waals surface area contributed by atoms with Crippen molar-refractivity contribution in [3.8, 4) is 23.0 Å². The van der Waals surface area contributed by atoms with E-state index in [1.54, 1.807) is 24.2 Å². The summed E-state index contributed by atoms with van der Waals surface area (Å²) in [5.74, 6) is 3.79. The summed E-state index contributed by atoms with van der Waals surface area (Å²) in [6, 6.07) is 15.3. The topological polar surface area (TPSA) is 65.0 Å². The second kappa shape index (κ2) is 7.76. The standard InChI is InChI=1S/C19H14ClN3O2S/c20-16-6-2-1-4-14(16)11-26-12-15-7-8-17(24-15)19-22-18(23-25-19)13-5-3-9-21-10-13/h1-10H,11-12H2. The van der Waals surface area contributed by atoms with E-state index in [0.717, 1.165) is 33.4 Å². The molecule has 0 unspecified atom stereocenters. The molecule has 0 amide bonds. The number of hydrogen-bond donors (Lipinski definition) is 0. The number of furan rings is 1. The van der Waals surface area contributed by atoms with Crippen molar-refractivity contribution >= 4 is 23.4 Å². The monoisotopic (exact) mass is 383 g/mol. The molecule has 26 heavy (non-hydrogen) atoms. The Hall–Kier alpha value is -2.57. The molecule has 0 atom stereocenters. The highest BCUT2D eigenvalue weighted by Crippen LogP contribution is 2.27. The van der Waals surface area contributed by atoms with Crippen LogP contribution in [0.4, 0.5) is 0 Å². The fourth-order valence-electron chi connectivity index (χ4n) is 2.38. The van der Waals surface area contributed by atoms with Gasteiger partial charge in [-0.25, -0.2) is 0 Å². The number of benzene rings is 1. The van der Waals surface area contributed by atoms with E-state index in [4.69, 9.17) is 20.5 Å². The normalized spacial score (nSPS) is 11.0. The van der Waals surface area contributed by atoms with Crippen molar-refractivity contribution in [2.45, 2.75) is 11.5 Å². The first kappa shape index (κ1) is 16.9.